The molecule has 1 aliphatic rings. The molecule has 0 amide bonds. The lowest BCUT2D eigenvalue weighted by atomic mass is 9.79. The van der Waals surface area contributed by atoms with E-state index in [-0.39, 0.29) is 0 Å². The van der Waals surface area contributed by atoms with Gasteiger partial charge in [-0.2, -0.15) is 0 Å². The zero-order valence-electron chi connectivity index (χ0n) is 8.51. The second kappa shape index (κ2) is 4.49. The number of allylic oxidation sites excluding steroid dienone is 4. The molecule has 0 aliphatic heterocycles. The maximum atomic E-state index is 2.38. The van der Waals surface area contributed by atoms with Gasteiger partial charge < -0.3 is 0 Å². The van der Waals surface area contributed by atoms with Crippen LogP contribution in [0.15, 0.2) is 23.8 Å². The number of rotatable bonds is 2. The summed E-state index contributed by atoms with van der Waals surface area (Å²) in [5.74, 6) is 1.66. The fourth-order valence-corrected chi connectivity index (χ4v) is 2.13. The van der Waals surface area contributed by atoms with Gasteiger partial charge in [-0.25, -0.2) is 0 Å². The summed E-state index contributed by atoms with van der Waals surface area (Å²) in [6.45, 7) is 6.87. The smallest absolute Gasteiger partial charge is 0.0139 e. The van der Waals surface area contributed by atoms with Crippen molar-refractivity contribution in [3.63, 3.8) is 0 Å². The van der Waals surface area contributed by atoms with Crippen LogP contribution in [0.2, 0.25) is 0 Å². The van der Waals surface area contributed by atoms with E-state index < -0.39 is 0 Å². The SMILES string of the molecule is CC/C=C1/C=CCC(C)[C@@H]1CC. The summed E-state index contributed by atoms with van der Waals surface area (Å²) in [4.78, 5) is 0. The quantitative estimate of drug-likeness (QED) is 0.580. The molecule has 0 aromatic rings. The van der Waals surface area contributed by atoms with Crippen molar-refractivity contribution in [2.75, 3.05) is 0 Å². The molecule has 1 rings (SSSR count). The Balaban J connectivity index is 2.76. The van der Waals surface area contributed by atoms with Crippen LogP contribution in [0.5, 0.6) is 0 Å². The fourth-order valence-electron chi connectivity index (χ4n) is 2.13. The average Bonchev–Trinajstić information content (AvgIpc) is 2.05. The van der Waals surface area contributed by atoms with Crippen LogP contribution in [0.25, 0.3) is 0 Å². The highest BCUT2D eigenvalue weighted by molar-refractivity contribution is 5.25. The van der Waals surface area contributed by atoms with E-state index in [0.717, 1.165) is 11.8 Å². The van der Waals surface area contributed by atoms with E-state index in [2.05, 4.69) is 39.0 Å². The third-order valence-corrected chi connectivity index (χ3v) is 2.81. The second-order valence-electron chi connectivity index (χ2n) is 3.74. The molecule has 0 heteroatoms. The molecule has 0 heterocycles. The largest absolute Gasteiger partial charge is 0.0840 e. The predicted octanol–water partition coefficient (Wildman–Crippen LogP) is 3.95. The van der Waals surface area contributed by atoms with Crippen LogP contribution >= 0.6 is 0 Å². The highest BCUT2D eigenvalue weighted by Gasteiger charge is 2.19. The van der Waals surface area contributed by atoms with Crippen molar-refractivity contribution < 1.29 is 0 Å². The van der Waals surface area contributed by atoms with Gasteiger partial charge in [-0.3, -0.25) is 0 Å². The zero-order valence-corrected chi connectivity index (χ0v) is 8.51. The van der Waals surface area contributed by atoms with Crippen molar-refractivity contribution in [3.8, 4) is 0 Å². The molecule has 12 heavy (non-hydrogen) atoms. The van der Waals surface area contributed by atoms with Gasteiger partial charge >= 0.3 is 0 Å². The Labute approximate surface area is 76.4 Å². The molecule has 68 valence electrons. The minimum atomic E-state index is 0.815. The van der Waals surface area contributed by atoms with Crippen LogP contribution in [0.4, 0.5) is 0 Å². The van der Waals surface area contributed by atoms with Gasteiger partial charge in [0.05, 0.1) is 0 Å². The van der Waals surface area contributed by atoms with Crippen LogP contribution < -0.4 is 0 Å². The van der Waals surface area contributed by atoms with E-state index in [9.17, 15) is 0 Å². The van der Waals surface area contributed by atoms with Gasteiger partial charge in [-0.1, -0.05) is 39.0 Å². The Morgan fingerprint density at radius 2 is 2.25 bits per heavy atom. The summed E-state index contributed by atoms with van der Waals surface area (Å²) in [7, 11) is 0. The van der Waals surface area contributed by atoms with Crippen LogP contribution in [-0.2, 0) is 0 Å². The summed E-state index contributed by atoms with van der Waals surface area (Å²) in [5.41, 5.74) is 1.57. The van der Waals surface area contributed by atoms with Gasteiger partial charge in [0.15, 0.2) is 0 Å². The summed E-state index contributed by atoms with van der Waals surface area (Å²) in [6.07, 6.45) is 10.7. The Kier molecular flexibility index (Phi) is 3.58. The summed E-state index contributed by atoms with van der Waals surface area (Å²) in [5, 5.41) is 0. The maximum Gasteiger partial charge on any atom is -0.0139 e. The predicted molar refractivity (Wildman–Crippen MR) is 55.1 cm³/mol. The topological polar surface area (TPSA) is 0 Å². The highest BCUT2D eigenvalue weighted by atomic mass is 14.2. The molecule has 2 atom stereocenters. The fraction of sp³-hybridized carbons (Fsp3) is 0.667. The maximum absolute atomic E-state index is 2.38. The lowest BCUT2D eigenvalue weighted by Gasteiger charge is -2.26. The summed E-state index contributed by atoms with van der Waals surface area (Å²) >= 11 is 0. The van der Waals surface area contributed by atoms with Gasteiger partial charge in [0.25, 0.3) is 0 Å². The lowest BCUT2D eigenvalue weighted by Crippen LogP contribution is -2.15. The van der Waals surface area contributed by atoms with Gasteiger partial charge in [-0.05, 0) is 36.7 Å². The molecule has 0 spiro atoms. The molecule has 0 N–H and O–H groups in total. The van der Waals surface area contributed by atoms with E-state index in [0.29, 0.717) is 0 Å². The number of hydrogen-bond donors (Lipinski definition) is 0. The van der Waals surface area contributed by atoms with Gasteiger partial charge in [0, 0.05) is 0 Å². The van der Waals surface area contributed by atoms with Crippen LogP contribution in [0, 0.1) is 11.8 Å². The number of hydrogen-bond acceptors (Lipinski definition) is 0. The molecule has 1 unspecified atom stereocenters. The van der Waals surface area contributed by atoms with Gasteiger partial charge in [0.1, 0.15) is 0 Å². The van der Waals surface area contributed by atoms with Crippen molar-refractivity contribution in [3.05, 3.63) is 23.8 Å². The van der Waals surface area contributed by atoms with Crippen molar-refractivity contribution in [1.29, 1.82) is 0 Å². The molecule has 0 saturated carbocycles. The zero-order chi connectivity index (χ0) is 8.97. The van der Waals surface area contributed by atoms with E-state index >= 15 is 0 Å². The molecule has 0 aromatic heterocycles. The Hall–Kier alpha value is -0.520. The molecule has 0 radical (unpaired) electrons. The molecule has 1 aliphatic carbocycles. The van der Waals surface area contributed by atoms with Crippen LogP contribution in [0.1, 0.15) is 40.0 Å². The van der Waals surface area contributed by atoms with Crippen LogP contribution in [0.3, 0.4) is 0 Å². The normalized spacial score (nSPS) is 32.8. The monoisotopic (exact) mass is 164 g/mol. The van der Waals surface area contributed by atoms with E-state index in [1.807, 2.05) is 0 Å². The third-order valence-electron chi connectivity index (χ3n) is 2.81. The van der Waals surface area contributed by atoms with Crippen molar-refractivity contribution in [2.24, 2.45) is 11.8 Å². The molecule has 0 saturated heterocycles. The second-order valence-corrected chi connectivity index (χ2v) is 3.74. The summed E-state index contributed by atoms with van der Waals surface area (Å²) < 4.78 is 0. The van der Waals surface area contributed by atoms with Crippen molar-refractivity contribution in [2.45, 2.75) is 40.0 Å². The van der Waals surface area contributed by atoms with Crippen molar-refractivity contribution >= 4 is 0 Å². The van der Waals surface area contributed by atoms with Crippen molar-refractivity contribution in [1.82, 2.24) is 0 Å². The van der Waals surface area contributed by atoms with Crippen LogP contribution in [-0.4, -0.2) is 0 Å². The van der Waals surface area contributed by atoms with Gasteiger partial charge in [-0.15, -0.1) is 0 Å². The third kappa shape index (κ3) is 2.00. The molecule has 0 fully saturated rings. The summed E-state index contributed by atoms with van der Waals surface area (Å²) in [6, 6.07) is 0. The highest BCUT2D eigenvalue weighted by Crippen LogP contribution is 2.31. The van der Waals surface area contributed by atoms with Gasteiger partial charge in [0.2, 0.25) is 0 Å². The van der Waals surface area contributed by atoms with E-state index in [1.54, 1.807) is 5.57 Å². The first-order valence-corrected chi connectivity index (χ1v) is 5.16. The minimum Gasteiger partial charge on any atom is -0.0840 e. The Morgan fingerprint density at radius 3 is 2.83 bits per heavy atom. The van der Waals surface area contributed by atoms with E-state index in [1.165, 1.54) is 19.3 Å². The van der Waals surface area contributed by atoms with E-state index in [4.69, 9.17) is 0 Å². The molecular weight excluding hydrogens is 144 g/mol. The Morgan fingerprint density at radius 1 is 1.50 bits per heavy atom. The first-order valence-electron chi connectivity index (χ1n) is 5.16. The average molecular weight is 164 g/mol. The Bertz CT molecular complexity index is 186. The molecule has 0 aromatic carbocycles. The molecule has 0 bridgehead atoms. The molecular formula is C12H20. The molecule has 0 nitrogen and oxygen atoms in total. The first kappa shape index (κ1) is 9.57. The first-order chi connectivity index (χ1) is 5.79. The minimum absolute atomic E-state index is 0.815. The lowest BCUT2D eigenvalue weighted by molar-refractivity contribution is 0.397. The standard InChI is InChI=1S/C12H20/c1-4-7-11-9-6-8-10(3)12(11)5-2/h6-7,9-10,12H,4-5,8H2,1-3H3/b11-7-/t10?,12-/m0/s1.